The summed E-state index contributed by atoms with van der Waals surface area (Å²) in [6.07, 6.45) is 3.52. The van der Waals surface area contributed by atoms with Crippen LogP contribution in [0.5, 0.6) is 0 Å². The highest BCUT2D eigenvalue weighted by Gasteiger charge is 2.18. The summed E-state index contributed by atoms with van der Waals surface area (Å²) in [6, 6.07) is 10.4. The Hall–Kier alpha value is -0.330. The molecule has 0 bridgehead atoms. The molecule has 0 spiro atoms. The Balaban J connectivity index is 2.27. The van der Waals surface area contributed by atoms with Crippen LogP contribution in [0, 0.1) is 0 Å². The van der Waals surface area contributed by atoms with Gasteiger partial charge in [0.25, 0.3) is 0 Å². The molecule has 1 unspecified atom stereocenters. The molecular weight excluding hydrogens is 278 g/mol. The molecule has 0 fully saturated rings. The Morgan fingerprint density at radius 2 is 1.79 bits per heavy atom. The lowest BCUT2D eigenvalue weighted by molar-refractivity contribution is -0.109. The van der Waals surface area contributed by atoms with Gasteiger partial charge in [0.1, 0.15) is 0 Å². The quantitative estimate of drug-likeness (QED) is 0.650. The van der Waals surface area contributed by atoms with Crippen molar-refractivity contribution in [3.8, 4) is 0 Å². The first-order chi connectivity index (χ1) is 9.17. The van der Waals surface area contributed by atoms with Crippen LogP contribution in [0.3, 0.4) is 0 Å². The minimum absolute atomic E-state index is 0.304. The summed E-state index contributed by atoms with van der Waals surface area (Å²) in [6.45, 7) is 2.06. The Morgan fingerprint density at radius 3 is 2.37 bits per heavy atom. The van der Waals surface area contributed by atoms with Crippen LogP contribution in [0.25, 0.3) is 0 Å². The summed E-state index contributed by atoms with van der Waals surface area (Å²) >= 11 is 0. The second kappa shape index (κ2) is 9.55. The predicted molar refractivity (Wildman–Crippen MR) is 83.3 cm³/mol. The smallest absolute Gasteiger partial charge is 0.178 e. The number of aryl methyl sites for hydroxylation is 1. The number of carbonyl (C=O) groups is 1. The van der Waals surface area contributed by atoms with Gasteiger partial charge in [-0.3, -0.25) is 4.79 Å². The van der Waals surface area contributed by atoms with E-state index in [1.165, 1.54) is 5.56 Å². The Morgan fingerprint density at radius 1 is 1.16 bits per heavy atom. The van der Waals surface area contributed by atoms with Crippen LogP contribution in [0.2, 0.25) is 0 Å². The van der Waals surface area contributed by atoms with E-state index >= 15 is 0 Å². The molecule has 0 heterocycles. The minimum Gasteiger partial charge on any atom is -0.337 e. The molecule has 0 saturated heterocycles. The van der Waals surface area contributed by atoms with Crippen LogP contribution < -0.4 is 0 Å². The molecule has 1 rings (SSSR count). The van der Waals surface area contributed by atoms with Crippen molar-refractivity contribution in [1.29, 1.82) is 0 Å². The van der Waals surface area contributed by atoms with E-state index in [1.807, 2.05) is 6.07 Å². The van der Waals surface area contributed by atoms with Crippen LogP contribution >= 0.6 is 16.3 Å². The summed E-state index contributed by atoms with van der Waals surface area (Å²) in [5.41, 5.74) is 1.65. The maximum Gasteiger partial charge on any atom is 0.178 e. The largest absolute Gasteiger partial charge is 0.337 e. The molecule has 1 atom stereocenters. The van der Waals surface area contributed by atoms with Gasteiger partial charge in [0.05, 0.1) is 6.16 Å². The molecule has 0 aliphatic carbocycles. The fraction of sp³-hybridized carbons (Fsp3) is 0.500. The van der Waals surface area contributed by atoms with Gasteiger partial charge in [0, 0.05) is 14.2 Å². The first-order valence-electron chi connectivity index (χ1n) is 6.31. The van der Waals surface area contributed by atoms with Gasteiger partial charge in [-0.1, -0.05) is 30.3 Å². The number of benzene rings is 1. The number of hydrogen-bond acceptors (Lipinski definition) is 3. The topological polar surface area (TPSA) is 35.5 Å². The van der Waals surface area contributed by atoms with Crippen LogP contribution in [-0.4, -0.2) is 38.7 Å². The average molecular weight is 300 g/mol. The molecule has 106 valence electrons. The van der Waals surface area contributed by atoms with E-state index in [-0.39, 0.29) is 0 Å². The highest BCUT2D eigenvalue weighted by Crippen LogP contribution is 2.42. The van der Waals surface area contributed by atoms with Gasteiger partial charge in [-0.05, 0) is 39.2 Å². The number of hydrogen-bond donors (Lipinski definition) is 0. The summed E-state index contributed by atoms with van der Waals surface area (Å²) in [4.78, 5) is 12.0. The van der Waals surface area contributed by atoms with Crippen molar-refractivity contribution < 1.29 is 13.8 Å². The molecule has 0 aromatic heterocycles. The van der Waals surface area contributed by atoms with E-state index in [0.717, 1.165) is 19.0 Å². The van der Waals surface area contributed by atoms with Crippen LogP contribution in [0.15, 0.2) is 30.3 Å². The SMILES string of the molecule is COP(CC(=O)P(C)CCCc1ccccc1)OC. The molecular formula is C14H22O3P2. The zero-order valence-corrected chi connectivity index (χ0v) is 13.6. The van der Waals surface area contributed by atoms with Crippen molar-refractivity contribution in [3.63, 3.8) is 0 Å². The van der Waals surface area contributed by atoms with Gasteiger partial charge in [-0.2, -0.15) is 0 Å². The van der Waals surface area contributed by atoms with Crippen LogP contribution in [0.4, 0.5) is 0 Å². The molecule has 19 heavy (non-hydrogen) atoms. The zero-order valence-electron chi connectivity index (χ0n) is 11.8. The third-order valence-corrected chi connectivity index (χ3v) is 6.51. The fourth-order valence-electron chi connectivity index (χ4n) is 1.72. The Bertz CT molecular complexity index is 366. The highest BCUT2D eigenvalue weighted by molar-refractivity contribution is 7.75. The molecule has 0 aliphatic rings. The molecule has 3 nitrogen and oxygen atoms in total. The first-order valence-corrected chi connectivity index (χ1v) is 9.64. The average Bonchev–Trinajstić information content (AvgIpc) is 2.45. The lowest BCUT2D eigenvalue weighted by Gasteiger charge is -2.15. The molecule has 0 amide bonds. The molecule has 0 radical (unpaired) electrons. The van der Waals surface area contributed by atoms with Crippen LogP contribution in [0.1, 0.15) is 12.0 Å². The Kier molecular flexibility index (Phi) is 8.41. The lowest BCUT2D eigenvalue weighted by atomic mass is 10.1. The second-order valence-electron chi connectivity index (χ2n) is 4.26. The van der Waals surface area contributed by atoms with E-state index in [1.54, 1.807) is 14.2 Å². The van der Waals surface area contributed by atoms with E-state index in [0.29, 0.717) is 11.7 Å². The van der Waals surface area contributed by atoms with E-state index < -0.39 is 16.3 Å². The maximum atomic E-state index is 12.0. The minimum atomic E-state index is -1.02. The summed E-state index contributed by atoms with van der Waals surface area (Å²) < 4.78 is 10.3. The fourth-order valence-corrected chi connectivity index (χ4v) is 4.55. The number of carbonyl (C=O) groups excluding carboxylic acids is 1. The third kappa shape index (κ3) is 6.58. The third-order valence-electron chi connectivity index (χ3n) is 2.90. The number of rotatable bonds is 9. The van der Waals surface area contributed by atoms with E-state index in [4.69, 9.17) is 9.05 Å². The van der Waals surface area contributed by atoms with Gasteiger partial charge < -0.3 is 9.05 Å². The molecule has 0 aliphatic heterocycles. The summed E-state index contributed by atoms with van der Waals surface area (Å²) in [7, 11) is 1.60. The van der Waals surface area contributed by atoms with Gasteiger partial charge in [-0.15, -0.1) is 0 Å². The second-order valence-corrected chi connectivity index (χ2v) is 8.31. The maximum absolute atomic E-state index is 12.0. The van der Waals surface area contributed by atoms with Crippen molar-refractivity contribution >= 4 is 21.8 Å². The van der Waals surface area contributed by atoms with E-state index in [9.17, 15) is 4.79 Å². The van der Waals surface area contributed by atoms with Gasteiger partial charge in [-0.25, -0.2) is 0 Å². The van der Waals surface area contributed by atoms with Crippen LogP contribution in [-0.2, 0) is 20.3 Å². The molecule has 1 aromatic rings. The molecule has 5 heteroatoms. The highest BCUT2D eigenvalue weighted by atomic mass is 31.2. The van der Waals surface area contributed by atoms with Gasteiger partial charge in [0.15, 0.2) is 13.9 Å². The molecule has 1 aromatic carbocycles. The summed E-state index contributed by atoms with van der Waals surface area (Å²) in [5.74, 6) is 0. The standard InChI is InChI=1S/C14H22O3P2/c1-16-19(17-2)12-14(15)18(3)11-7-10-13-8-5-4-6-9-13/h4-6,8-9H,7,10-12H2,1-3H3. The Labute approximate surface area is 118 Å². The van der Waals surface area contributed by atoms with Crippen molar-refractivity contribution in [3.05, 3.63) is 35.9 Å². The molecule has 0 N–H and O–H groups in total. The van der Waals surface area contributed by atoms with E-state index in [2.05, 4.69) is 30.9 Å². The van der Waals surface area contributed by atoms with Gasteiger partial charge in [0.2, 0.25) is 0 Å². The van der Waals surface area contributed by atoms with Gasteiger partial charge >= 0.3 is 0 Å². The first kappa shape index (κ1) is 16.7. The van der Waals surface area contributed by atoms with Crippen molar-refractivity contribution in [2.75, 3.05) is 33.2 Å². The predicted octanol–water partition coefficient (Wildman–Crippen LogP) is 3.86. The summed E-state index contributed by atoms with van der Waals surface area (Å²) in [5, 5.41) is 0. The normalized spacial score (nSPS) is 12.6. The zero-order chi connectivity index (χ0) is 14.1. The van der Waals surface area contributed by atoms with Crippen molar-refractivity contribution in [2.24, 2.45) is 0 Å². The monoisotopic (exact) mass is 300 g/mol. The van der Waals surface area contributed by atoms with Crippen molar-refractivity contribution in [1.82, 2.24) is 0 Å². The van der Waals surface area contributed by atoms with Crippen molar-refractivity contribution in [2.45, 2.75) is 12.8 Å². The molecule has 0 saturated carbocycles. The lowest BCUT2D eigenvalue weighted by Crippen LogP contribution is -2.05.